The van der Waals surface area contributed by atoms with E-state index in [1.165, 1.54) is 0 Å². The van der Waals surface area contributed by atoms with Crippen LogP contribution in [0, 0.1) is 5.92 Å². The van der Waals surface area contributed by atoms with E-state index in [1.54, 1.807) is 30.3 Å². The molecule has 1 saturated carbocycles. The van der Waals surface area contributed by atoms with Crippen LogP contribution in [0.4, 0.5) is 0 Å². The van der Waals surface area contributed by atoms with Gasteiger partial charge in [0.15, 0.2) is 0 Å². The van der Waals surface area contributed by atoms with Gasteiger partial charge in [0.1, 0.15) is 5.75 Å². The lowest BCUT2D eigenvalue weighted by Crippen LogP contribution is -2.34. The zero-order chi connectivity index (χ0) is 26.7. The molecule has 0 spiro atoms. The summed E-state index contributed by atoms with van der Waals surface area (Å²) in [6.45, 7) is 2.86. The van der Waals surface area contributed by atoms with Gasteiger partial charge in [0.05, 0.1) is 18.6 Å². The summed E-state index contributed by atoms with van der Waals surface area (Å²) in [6.07, 6.45) is 3.18. The molecular formula is C31H34N2O5. The molecular weight excluding hydrogens is 480 g/mol. The quantitative estimate of drug-likeness (QED) is 0.293. The van der Waals surface area contributed by atoms with Gasteiger partial charge in [-0.05, 0) is 80.1 Å². The molecule has 3 aromatic carbocycles. The molecule has 38 heavy (non-hydrogen) atoms. The van der Waals surface area contributed by atoms with Crippen LogP contribution in [0.25, 0.3) is 11.1 Å². The first-order valence-electron chi connectivity index (χ1n) is 13.2. The van der Waals surface area contributed by atoms with Gasteiger partial charge in [-0.1, -0.05) is 42.5 Å². The number of esters is 1. The zero-order valence-corrected chi connectivity index (χ0v) is 21.7. The average Bonchev–Trinajstić information content (AvgIpc) is 2.96. The molecule has 2 amide bonds. The fourth-order valence-corrected chi connectivity index (χ4v) is 4.58. The third kappa shape index (κ3) is 7.44. The second-order valence-electron chi connectivity index (χ2n) is 9.33. The van der Waals surface area contributed by atoms with E-state index < -0.39 is 0 Å². The molecule has 3 aromatic rings. The first kappa shape index (κ1) is 26.9. The Balaban J connectivity index is 1.18. The SMILES string of the molecule is CCOC(=O)[C@H]1CC[C@@H](Oc2ccc(C(=O)NCCNC(=O)c3cccc(-c4ccccc4)c3)cc2)CC1. The molecule has 0 saturated heterocycles. The third-order valence-corrected chi connectivity index (χ3v) is 6.64. The second kappa shape index (κ2) is 13.4. The molecule has 0 bridgehead atoms. The number of nitrogens with one attached hydrogen (secondary N) is 2. The summed E-state index contributed by atoms with van der Waals surface area (Å²) in [5.41, 5.74) is 3.11. The minimum Gasteiger partial charge on any atom is -0.490 e. The monoisotopic (exact) mass is 514 g/mol. The summed E-state index contributed by atoms with van der Waals surface area (Å²) in [4.78, 5) is 37.0. The number of hydrogen-bond donors (Lipinski definition) is 2. The lowest BCUT2D eigenvalue weighted by molar-refractivity contribution is -0.149. The molecule has 4 rings (SSSR count). The molecule has 0 unspecified atom stereocenters. The van der Waals surface area contributed by atoms with Crippen molar-refractivity contribution >= 4 is 17.8 Å². The Morgan fingerprint density at radius 3 is 2.03 bits per heavy atom. The molecule has 2 N–H and O–H groups in total. The molecule has 0 radical (unpaired) electrons. The predicted octanol–water partition coefficient (Wildman–Crippen LogP) is 5.01. The number of carbonyl (C=O) groups excluding carboxylic acids is 3. The molecule has 0 aromatic heterocycles. The van der Waals surface area contributed by atoms with Gasteiger partial charge >= 0.3 is 5.97 Å². The van der Waals surface area contributed by atoms with E-state index in [0.717, 1.165) is 36.8 Å². The van der Waals surface area contributed by atoms with E-state index in [9.17, 15) is 14.4 Å². The van der Waals surface area contributed by atoms with Crippen LogP contribution in [0.2, 0.25) is 0 Å². The highest BCUT2D eigenvalue weighted by molar-refractivity contribution is 5.96. The second-order valence-corrected chi connectivity index (χ2v) is 9.33. The maximum atomic E-state index is 12.6. The summed E-state index contributed by atoms with van der Waals surface area (Å²) in [5.74, 6) is 0.149. The van der Waals surface area contributed by atoms with Gasteiger partial charge < -0.3 is 20.1 Å². The topological polar surface area (TPSA) is 93.7 Å². The summed E-state index contributed by atoms with van der Waals surface area (Å²) in [5, 5.41) is 5.68. The van der Waals surface area contributed by atoms with Crippen molar-refractivity contribution in [1.29, 1.82) is 0 Å². The average molecular weight is 515 g/mol. The van der Waals surface area contributed by atoms with Gasteiger partial charge in [0.25, 0.3) is 11.8 Å². The van der Waals surface area contributed by atoms with Gasteiger partial charge in [0.2, 0.25) is 0 Å². The minimum atomic E-state index is -0.216. The number of hydrogen-bond acceptors (Lipinski definition) is 5. The molecule has 1 aliphatic rings. The largest absolute Gasteiger partial charge is 0.490 e. The first-order chi connectivity index (χ1) is 18.5. The van der Waals surface area contributed by atoms with Crippen LogP contribution in [0.3, 0.4) is 0 Å². The van der Waals surface area contributed by atoms with Gasteiger partial charge in [0, 0.05) is 24.2 Å². The highest BCUT2D eigenvalue weighted by Crippen LogP contribution is 2.28. The van der Waals surface area contributed by atoms with Crippen molar-refractivity contribution < 1.29 is 23.9 Å². The number of amides is 2. The Kier molecular flexibility index (Phi) is 9.51. The van der Waals surface area contributed by atoms with E-state index >= 15 is 0 Å². The van der Waals surface area contributed by atoms with Crippen molar-refractivity contribution in [1.82, 2.24) is 10.6 Å². The predicted molar refractivity (Wildman–Crippen MR) is 146 cm³/mol. The lowest BCUT2D eigenvalue weighted by Gasteiger charge is -2.27. The Labute approximate surface area is 223 Å². The maximum absolute atomic E-state index is 12.6. The van der Waals surface area contributed by atoms with Crippen LogP contribution in [0.15, 0.2) is 78.9 Å². The van der Waals surface area contributed by atoms with Crippen LogP contribution < -0.4 is 15.4 Å². The van der Waals surface area contributed by atoms with Gasteiger partial charge in [-0.25, -0.2) is 0 Å². The Bertz CT molecular complexity index is 1220. The minimum absolute atomic E-state index is 0.0369. The Morgan fingerprint density at radius 2 is 1.37 bits per heavy atom. The molecule has 198 valence electrons. The number of rotatable bonds is 10. The standard InChI is InChI=1S/C31H34N2O5/c1-2-37-31(36)24-13-17-28(18-14-24)38-27-15-11-23(12-16-27)29(34)32-19-20-33-30(35)26-10-6-9-25(21-26)22-7-4-3-5-8-22/h3-12,15-16,21,24,28H,2,13-14,17-20H2,1H3,(H,32,34)(H,33,35)/t24-,28+. The summed E-state index contributed by atoms with van der Waals surface area (Å²) < 4.78 is 11.2. The van der Waals surface area contributed by atoms with E-state index in [-0.39, 0.29) is 29.8 Å². The molecule has 0 atom stereocenters. The van der Waals surface area contributed by atoms with Gasteiger partial charge in [-0.3, -0.25) is 14.4 Å². The lowest BCUT2D eigenvalue weighted by atomic mass is 9.87. The fraction of sp³-hybridized carbons (Fsp3) is 0.323. The molecule has 0 heterocycles. The van der Waals surface area contributed by atoms with Gasteiger partial charge in [-0.15, -0.1) is 0 Å². The number of carbonyl (C=O) groups is 3. The van der Waals surface area contributed by atoms with E-state index in [4.69, 9.17) is 9.47 Å². The van der Waals surface area contributed by atoms with Crippen LogP contribution in [-0.2, 0) is 9.53 Å². The van der Waals surface area contributed by atoms with Crippen molar-refractivity contribution in [2.45, 2.75) is 38.7 Å². The van der Waals surface area contributed by atoms with E-state index in [1.807, 2.05) is 55.5 Å². The van der Waals surface area contributed by atoms with Crippen molar-refractivity contribution in [3.05, 3.63) is 90.0 Å². The summed E-state index contributed by atoms with van der Waals surface area (Å²) >= 11 is 0. The van der Waals surface area contributed by atoms with E-state index in [0.29, 0.717) is 36.6 Å². The van der Waals surface area contributed by atoms with Crippen molar-refractivity contribution in [3.8, 4) is 16.9 Å². The smallest absolute Gasteiger partial charge is 0.308 e. The summed E-state index contributed by atoms with van der Waals surface area (Å²) in [6, 6.07) is 24.4. The van der Waals surface area contributed by atoms with Crippen LogP contribution in [0.1, 0.15) is 53.3 Å². The Morgan fingerprint density at radius 1 is 0.737 bits per heavy atom. The first-order valence-corrected chi connectivity index (χ1v) is 13.2. The van der Waals surface area contributed by atoms with Crippen LogP contribution in [-0.4, -0.2) is 43.6 Å². The number of benzene rings is 3. The number of ether oxygens (including phenoxy) is 2. The fourth-order valence-electron chi connectivity index (χ4n) is 4.58. The molecule has 0 aliphatic heterocycles. The zero-order valence-electron chi connectivity index (χ0n) is 21.7. The highest BCUT2D eigenvalue weighted by atomic mass is 16.5. The molecule has 7 heteroatoms. The molecule has 1 aliphatic carbocycles. The highest BCUT2D eigenvalue weighted by Gasteiger charge is 2.28. The van der Waals surface area contributed by atoms with E-state index in [2.05, 4.69) is 10.6 Å². The maximum Gasteiger partial charge on any atom is 0.308 e. The Hall–Kier alpha value is -4.13. The van der Waals surface area contributed by atoms with Crippen LogP contribution >= 0.6 is 0 Å². The molecule has 7 nitrogen and oxygen atoms in total. The van der Waals surface area contributed by atoms with Gasteiger partial charge in [-0.2, -0.15) is 0 Å². The normalized spacial score (nSPS) is 16.8. The van der Waals surface area contributed by atoms with Crippen molar-refractivity contribution in [2.24, 2.45) is 5.92 Å². The van der Waals surface area contributed by atoms with Crippen molar-refractivity contribution in [3.63, 3.8) is 0 Å². The summed E-state index contributed by atoms with van der Waals surface area (Å²) in [7, 11) is 0. The van der Waals surface area contributed by atoms with Crippen LogP contribution in [0.5, 0.6) is 5.75 Å². The third-order valence-electron chi connectivity index (χ3n) is 6.64. The molecule has 1 fully saturated rings. The van der Waals surface area contributed by atoms with Crippen molar-refractivity contribution in [2.75, 3.05) is 19.7 Å².